The van der Waals surface area contributed by atoms with Crippen LogP contribution in [0.5, 0.6) is 0 Å². The molecule has 5 heteroatoms. The molecule has 72 valence electrons. The standard InChI is InChI=1S/C9H9IN4/c10-6-3-11-8-7(6)9(13-4-12-8)14-5-1-2-5/h3-5H,1-2H2,(H2,11,12,13,14). The van der Waals surface area contributed by atoms with E-state index in [-0.39, 0.29) is 0 Å². The van der Waals surface area contributed by atoms with Gasteiger partial charge in [-0.05, 0) is 35.4 Å². The van der Waals surface area contributed by atoms with Gasteiger partial charge in [0.05, 0.1) is 5.39 Å². The van der Waals surface area contributed by atoms with Gasteiger partial charge in [0, 0.05) is 15.8 Å². The Labute approximate surface area is 94.7 Å². The zero-order valence-electron chi connectivity index (χ0n) is 7.42. The quantitative estimate of drug-likeness (QED) is 0.836. The molecule has 2 aromatic heterocycles. The smallest absolute Gasteiger partial charge is 0.143 e. The molecule has 2 heterocycles. The van der Waals surface area contributed by atoms with Crippen molar-refractivity contribution in [2.24, 2.45) is 0 Å². The van der Waals surface area contributed by atoms with Crippen LogP contribution >= 0.6 is 22.6 Å². The molecule has 1 aliphatic rings. The SMILES string of the molecule is Ic1c[nH]c2ncnc(NC3CC3)c12. The Balaban J connectivity index is 2.14. The zero-order valence-corrected chi connectivity index (χ0v) is 9.58. The van der Waals surface area contributed by atoms with E-state index in [1.165, 1.54) is 16.4 Å². The maximum atomic E-state index is 4.27. The van der Waals surface area contributed by atoms with Crippen LogP contribution in [0.3, 0.4) is 0 Å². The van der Waals surface area contributed by atoms with E-state index in [0.29, 0.717) is 6.04 Å². The molecule has 0 aliphatic heterocycles. The summed E-state index contributed by atoms with van der Waals surface area (Å²) in [7, 11) is 0. The van der Waals surface area contributed by atoms with Crippen LogP contribution in [0.2, 0.25) is 0 Å². The molecule has 2 N–H and O–H groups in total. The van der Waals surface area contributed by atoms with E-state index in [1.807, 2.05) is 6.20 Å². The van der Waals surface area contributed by atoms with Crippen LogP contribution in [0.1, 0.15) is 12.8 Å². The number of aromatic amines is 1. The first kappa shape index (κ1) is 8.46. The van der Waals surface area contributed by atoms with Crippen LogP contribution in [0.4, 0.5) is 5.82 Å². The maximum Gasteiger partial charge on any atom is 0.143 e. The number of nitrogens with one attached hydrogen (secondary N) is 2. The largest absolute Gasteiger partial charge is 0.367 e. The molecule has 1 fully saturated rings. The van der Waals surface area contributed by atoms with Gasteiger partial charge in [0.1, 0.15) is 17.8 Å². The molecule has 0 spiro atoms. The van der Waals surface area contributed by atoms with Crippen LogP contribution in [-0.2, 0) is 0 Å². The number of aromatic nitrogens is 3. The second kappa shape index (κ2) is 3.08. The third kappa shape index (κ3) is 1.35. The fourth-order valence-corrected chi connectivity index (χ4v) is 2.12. The number of anilines is 1. The fourth-order valence-electron chi connectivity index (χ4n) is 1.46. The third-order valence-electron chi connectivity index (χ3n) is 2.34. The van der Waals surface area contributed by atoms with Crippen LogP contribution in [0.25, 0.3) is 11.0 Å². The molecule has 3 rings (SSSR count). The lowest BCUT2D eigenvalue weighted by Gasteiger charge is -2.03. The van der Waals surface area contributed by atoms with E-state index in [1.54, 1.807) is 6.33 Å². The minimum Gasteiger partial charge on any atom is -0.367 e. The minimum absolute atomic E-state index is 0.624. The number of halogens is 1. The Morgan fingerprint density at radius 3 is 3.07 bits per heavy atom. The van der Waals surface area contributed by atoms with Gasteiger partial charge in [0.2, 0.25) is 0 Å². The topological polar surface area (TPSA) is 53.6 Å². The molecule has 2 aromatic rings. The summed E-state index contributed by atoms with van der Waals surface area (Å²) in [5, 5.41) is 4.52. The first-order valence-electron chi connectivity index (χ1n) is 4.59. The normalized spacial score (nSPS) is 16.1. The number of hydrogen-bond acceptors (Lipinski definition) is 3. The van der Waals surface area contributed by atoms with Gasteiger partial charge < -0.3 is 10.3 Å². The van der Waals surface area contributed by atoms with Crippen molar-refractivity contribution >= 4 is 39.4 Å². The Morgan fingerprint density at radius 1 is 1.43 bits per heavy atom. The zero-order chi connectivity index (χ0) is 9.54. The highest BCUT2D eigenvalue weighted by Gasteiger charge is 2.22. The number of nitrogens with zero attached hydrogens (tertiary/aromatic N) is 2. The van der Waals surface area contributed by atoms with E-state index in [0.717, 1.165) is 16.9 Å². The second-order valence-corrected chi connectivity index (χ2v) is 4.66. The summed E-state index contributed by atoms with van der Waals surface area (Å²) >= 11 is 2.29. The molecular formula is C9H9IN4. The second-order valence-electron chi connectivity index (χ2n) is 3.50. The lowest BCUT2D eigenvalue weighted by Crippen LogP contribution is -2.03. The highest BCUT2D eigenvalue weighted by molar-refractivity contribution is 14.1. The van der Waals surface area contributed by atoms with Gasteiger partial charge in [0.25, 0.3) is 0 Å². The van der Waals surface area contributed by atoms with E-state index >= 15 is 0 Å². The maximum absolute atomic E-state index is 4.27. The van der Waals surface area contributed by atoms with Gasteiger partial charge in [-0.1, -0.05) is 0 Å². The Bertz CT molecular complexity index is 475. The first-order chi connectivity index (χ1) is 6.84. The lowest BCUT2D eigenvalue weighted by molar-refractivity contribution is 1.10. The summed E-state index contributed by atoms with van der Waals surface area (Å²) in [6.07, 6.45) is 6.07. The molecule has 1 saturated carbocycles. The highest BCUT2D eigenvalue weighted by Crippen LogP contribution is 2.29. The van der Waals surface area contributed by atoms with Gasteiger partial charge in [-0.3, -0.25) is 0 Å². The van der Waals surface area contributed by atoms with Crippen molar-refractivity contribution in [3.8, 4) is 0 Å². The molecule has 1 aliphatic carbocycles. The average Bonchev–Trinajstić information content (AvgIpc) is 2.91. The number of hydrogen-bond donors (Lipinski definition) is 2. The van der Waals surface area contributed by atoms with Crippen molar-refractivity contribution in [1.29, 1.82) is 0 Å². The molecule has 0 unspecified atom stereocenters. The fraction of sp³-hybridized carbons (Fsp3) is 0.333. The summed E-state index contributed by atoms with van der Waals surface area (Å²) in [4.78, 5) is 11.6. The van der Waals surface area contributed by atoms with Crippen molar-refractivity contribution in [2.45, 2.75) is 18.9 Å². The molecule has 4 nitrogen and oxygen atoms in total. The summed E-state index contributed by atoms with van der Waals surface area (Å²) in [6.45, 7) is 0. The number of H-pyrrole nitrogens is 1. The molecule has 0 saturated heterocycles. The summed E-state index contributed by atoms with van der Waals surface area (Å²) in [6, 6.07) is 0.624. The molecule has 0 aromatic carbocycles. The number of fused-ring (bicyclic) bond motifs is 1. The summed E-state index contributed by atoms with van der Waals surface area (Å²) < 4.78 is 1.17. The molecule has 0 bridgehead atoms. The van der Waals surface area contributed by atoms with Crippen molar-refractivity contribution < 1.29 is 0 Å². The molecular weight excluding hydrogens is 291 g/mol. The number of rotatable bonds is 2. The van der Waals surface area contributed by atoms with Gasteiger partial charge in [-0.2, -0.15) is 0 Å². The van der Waals surface area contributed by atoms with Gasteiger partial charge >= 0.3 is 0 Å². The Hall–Kier alpha value is -0.850. The van der Waals surface area contributed by atoms with E-state index in [2.05, 4.69) is 42.9 Å². The predicted octanol–water partition coefficient (Wildman–Crippen LogP) is 2.14. The Kier molecular flexibility index (Phi) is 1.86. The molecule has 14 heavy (non-hydrogen) atoms. The van der Waals surface area contributed by atoms with Crippen LogP contribution < -0.4 is 5.32 Å². The summed E-state index contributed by atoms with van der Waals surface area (Å²) in [5.74, 6) is 0.961. The van der Waals surface area contributed by atoms with Crippen LogP contribution in [0, 0.1) is 3.57 Å². The van der Waals surface area contributed by atoms with Gasteiger partial charge in [-0.15, -0.1) is 0 Å². The predicted molar refractivity (Wildman–Crippen MR) is 63.3 cm³/mol. The van der Waals surface area contributed by atoms with Crippen LogP contribution in [0.15, 0.2) is 12.5 Å². The van der Waals surface area contributed by atoms with E-state index in [4.69, 9.17) is 0 Å². The molecule has 0 amide bonds. The van der Waals surface area contributed by atoms with Crippen molar-refractivity contribution in [2.75, 3.05) is 5.32 Å². The van der Waals surface area contributed by atoms with Crippen molar-refractivity contribution in [3.63, 3.8) is 0 Å². The highest BCUT2D eigenvalue weighted by atomic mass is 127. The first-order valence-corrected chi connectivity index (χ1v) is 5.66. The van der Waals surface area contributed by atoms with E-state index < -0.39 is 0 Å². The lowest BCUT2D eigenvalue weighted by atomic mass is 10.4. The third-order valence-corrected chi connectivity index (χ3v) is 3.19. The van der Waals surface area contributed by atoms with Crippen molar-refractivity contribution in [3.05, 3.63) is 16.1 Å². The minimum atomic E-state index is 0.624. The van der Waals surface area contributed by atoms with E-state index in [9.17, 15) is 0 Å². The summed E-state index contributed by atoms with van der Waals surface area (Å²) in [5.41, 5.74) is 0.910. The Morgan fingerprint density at radius 2 is 2.29 bits per heavy atom. The monoisotopic (exact) mass is 300 g/mol. The van der Waals surface area contributed by atoms with Crippen LogP contribution in [-0.4, -0.2) is 21.0 Å². The van der Waals surface area contributed by atoms with Gasteiger partial charge in [-0.25, -0.2) is 9.97 Å². The molecule has 0 radical (unpaired) electrons. The van der Waals surface area contributed by atoms with Crippen molar-refractivity contribution in [1.82, 2.24) is 15.0 Å². The van der Waals surface area contributed by atoms with Gasteiger partial charge in [0.15, 0.2) is 0 Å². The average molecular weight is 300 g/mol. The molecule has 0 atom stereocenters.